The third kappa shape index (κ3) is 3.07. The van der Waals surface area contributed by atoms with Crippen LogP contribution in [-0.4, -0.2) is 40.0 Å². The van der Waals surface area contributed by atoms with E-state index in [0.29, 0.717) is 11.1 Å². The molecule has 0 heterocycles. The number of carboxylic acids is 2. The Morgan fingerprint density at radius 1 is 1.08 bits per heavy atom. The number of ether oxygens (including phenoxy) is 1. The molecule has 24 heavy (non-hydrogen) atoms. The van der Waals surface area contributed by atoms with E-state index in [9.17, 15) is 29.3 Å². The summed E-state index contributed by atoms with van der Waals surface area (Å²) in [6.45, 7) is 0. The summed E-state index contributed by atoms with van der Waals surface area (Å²) < 4.78 is 18.1. The molecule has 0 radical (unpaired) electrons. The quantitative estimate of drug-likeness (QED) is 0.700. The van der Waals surface area contributed by atoms with Gasteiger partial charge in [0.15, 0.2) is 11.6 Å². The van der Waals surface area contributed by atoms with Gasteiger partial charge in [-0.3, -0.25) is 0 Å². The molecule has 0 saturated carbocycles. The second kappa shape index (κ2) is 6.67. The highest BCUT2D eigenvalue weighted by Gasteiger charge is 2.47. The fourth-order valence-electron chi connectivity index (χ4n) is 2.33. The second-order valence-corrected chi connectivity index (χ2v) is 5.15. The average molecular weight is 334 g/mol. The van der Waals surface area contributed by atoms with Gasteiger partial charge < -0.3 is 20.1 Å². The molecule has 2 aromatic rings. The molecule has 0 bridgehead atoms. The number of halogens is 1. The van der Waals surface area contributed by atoms with Crippen LogP contribution >= 0.6 is 0 Å². The fraction of sp³-hybridized carbons (Fsp3) is 0.176. The first-order valence-electron chi connectivity index (χ1n) is 6.90. The third-order valence-electron chi connectivity index (χ3n) is 3.74. The molecule has 126 valence electrons. The van der Waals surface area contributed by atoms with Gasteiger partial charge in [0.1, 0.15) is 0 Å². The minimum absolute atomic E-state index is 0.274. The number of phenols is 1. The smallest absolute Gasteiger partial charge is 0.348 e. The molecule has 0 atom stereocenters. The third-order valence-corrected chi connectivity index (χ3v) is 3.74. The molecule has 0 saturated heterocycles. The number of aliphatic carboxylic acids is 2. The number of aromatic hydroxyl groups is 1. The SMILES string of the molecule is COC(Cc1ccc(-c2cccc(F)c2O)cc1)(C(=O)O)C(=O)O. The highest BCUT2D eigenvalue weighted by atomic mass is 19.1. The molecule has 0 aromatic heterocycles. The first-order chi connectivity index (χ1) is 11.3. The van der Waals surface area contributed by atoms with Gasteiger partial charge >= 0.3 is 11.9 Å². The average Bonchev–Trinajstić information content (AvgIpc) is 2.55. The topological polar surface area (TPSA) is 104 Å². The lowest BCUT2D eigenvalue weighted by Gasteiger charge is -2.23. The van der Waals surface area contributed by atoms with E-state index in [4.69, 9.17) is 4.74 Å². The Morgan fingerprint density at radius 3 is 2.17 bits per heavy atom. The first kappa shape index (κ1) is 17.4. The lowest BCUT2D eigenvalue weighted by Crippen LogP contribution is -2.50. The van der Waals surface area contributed by atoms with E-state index >= 15 is 0 Å². The monoisotopic (exact) mass is 334 g/mol. The number of carboxylic acid groups (broad SMARTS) is 2. The zero-order valence-electron chi connectivity index (χ0n) is 12.7. The van der Waals surface area contributed by atoms with E-state index in [2.05, 4.69) is 0 Å². The van der Waals surface area contributed by atoms with Gasteiger partial charge in [0, 0.05) is 19.1 Å². The van der Waals surface area contributed by atoms with E-state index < -0.39 is 29.1 Å². The number of phenolic OH excluding ortho intramolecular Hbond substituents is 1. The maximum absolute atomic E-state index is 13.4. The van der Waals surface area contributed by atoms with Crippen LogP contribution in [0.25, 0.3) is 11.1 Å². The Hall–Kier alpha value is -2.93. The standard InChI is InChI=1S/C17H15FO6/c1-24-17(15(20)21,16(22)23)9-10-5-7-11(8-6-10)12-3-2-4-13(18)14(12)19/h2-8,19H,9H2,1H3,(H,20,21)(H,22,23). The molecule has 0 spiro atoms. The van der Waals surface area contributed by atoms with E-state index in [1.54, 1.807) is 0 Å². The minimum Gasteiger partial charge on any atom is -0.504 e. The van der Waals surface area contributed by atoms with Gasteiger partial charge in [0.2, 0.25) is 0 Å². The van der Waals surface area contributed by atoms with Gasteiger partial charge in [-0.2, -0.15) is 0 Å². The number of hydrogen-bond donors (Lipinski definition) is 3. The van der Waals surface area contributed by atoms with Crippen molar-refractivity contribution in [1.82, 2.24) is 0 Å². The molecule has 6 nitrogen and oxygen atoms in total. The number of rotatable bonds is 6. The Bertz CT molecular complexity index is 755. The van der Waals surface area contributed by atoms with Crippen molar-refractivity contribution < 1.29 is 34.0 Å². The lowest BCUT2D eigenvalue weighted by molar-refractivity contribution is -0.179. The summed E-state index contributed by atoms with van der Waals surface area (Å²) in [4.78, 5) is 22.6. The number of para-hydroxylation sites is 1. The van der Waals surface area contributed by atoms with Crippen LogP contribution in [0.15, 0.2) is 42.5 Å². The highest BCUT2D eigenvalue weighted by Crippen LogP contribution is 2.31. The van der Waals surface area contributed by atoms with Crippen LogP contribution in [0.4, 0.5) is 4.39 Å². The molecular weight excluding hydrogens is 319 g/mol. The zero-order chi connectivity index (χ0) is 17.9. The van der Waals surface area contributed by atoms with E-state index in [-0.39, 0.29) is 12.0 Å². The number of methoxy groups -OCH3 is 1. The van der Waals surface area contributed by atoms with Crippen LogP contribution in [0.2, 0.25) is 0 Å². The lowest BCUT2D eigenvalue weighted by atomic mass is 9.93. The van der Waals surface area contributed by atoms with Gasteiger partial charge in [0.25, 0.3) is 5.60 Å². The molecule has 0 fully saturated rings. The van der Waals surface area contributed by atoms with Crippen LogP contribution < -0.4 is 0 Å². The van der Waals surface area contributed by atoms with Gasteiger partial charge in [-0.25, -0.2) is 14.0 Å². The van der Waals surface area contributed by atoms with Gasteiger partial charge in [-0.1, -0.05) is 36.4 Å². The maximum atomic E-state index is 13.4. The Kier molecular flexibility index (Phi) is 4.85. The highest BCUT2D eigenvalue weighted by molar-refractivity contribution is 6.02. The predicted molar refractivity (Wildman–Crippen MR) is 82.2 cm³/mol. The summed E-state index contributed by atoms with van der Waals surface area (Å²) in [5, 5.41) is 28.1. The summed E-state index contributed by atoms with van der Waals surface area (Å²) in [5.41, 5.74) is -1.20. The van der Waals surface area contributed by atoms with Crippen LogP contribution in [0.1, 0.15) is 5.56 Å². The number of carbonyl (C=O) groups is 2. The molecule has 0 unspecified atom stereocenters. The van der Waals surface area contributed by atoms with Crippen molar-refractivity contribution in [3.8, 4) is 16.9 Å². The van der Waals surface area contributed by atoms with Crippen molar-refractivity contribution in [2.75, 3.05) is 7.11 Å². The summed E-state index contributed by atoms with van der Waals surface area (Å²) in [7, 11) is 1.02. The summed E-state index contributed by atoms with van der Waals surface area (Å²) in [5.74, 6) is -4.46. The number of hydrogen-bond acceptors (Lipinski definition) is 4. The Labute approximate surface area is 136 Å². The van der Waals surface area contributed by atoms with E-state index in [0.717, 1.165) is 13.2 Å². The normalized spacial score (nSPS) is 11.2. The van der Waals surface area contributed by atoms with Crippen molar-refractivity contribution >= 4 is 11.9 Å². The van der Waals surface area contributed by atoms with Crippen LogP contribution in [0, 0.1) is 5.82 Å². The molecule has 0 aliphatic heterocycles. The molecule has 7 heteroatoms. The largest absolute Gasteiger partial charge is 0.504 e. The van der Waals surface area contributed by atoms with E-state index in [1.165, 1.54) is 36.4 Å². The fourth-order valence-corrected chi connectivity index (χ4v) is 2.33. The summed E-state index contributed by atoms with van der Waals surface area (Å²) >= 11 is 0. The molecule has 3 N–H and O–H groups in total. The van der Waals surface area contributed by atoms with Crippen molar-refractivity contribution in [1.29, 1.82) is 0 Å². The molecule has 2 aromatic carbocycles. The second-order valence-electron chi connectivity index (χ2n) is 5.15. The van der Waals surface area contributed by atoms with E-state index in [1.807, 2.05) is 0 Å². The maximum Gasteiger partial charge on any atom is 0.348 e. The Morgan fingerprint density at radius 2 is 1.67 bits per heavy atom. The van der Waals surface area contributed by atoms with Crippen LogP contribution in [0.5, 0.6) is 5.75 Å². The zero-order valence-corrected chi connectivity index (χ0v) is 12.7. The van der Waals surface area contributed by atoms with Crippen molar-refractivity contribution in [3.05, 3.63) is 53.8 Å². The van der Waals surface area contributed by atoms with Crippen LogP contribution in [0.3, 0.4) is 0 Å². The van der Waals surface area contributed by atoms with Gasteiger partial charge in [0.05, 0.1) is 0 Å². The van der Waals surface area contributed by atoms with Gasteiger partial charge in [-0.15, -0.1) is 0 Å². The summed E-state index contributed by atoms with van der Waals surface area (Å²) in [6, 6.07) is 10.2. The molecule has 0 amide bonds. The Balaban J connectivity index is 2.34. The van der Waals surface area contributed by atoms with Crippen LogP contribution in [-0.2, 0) is 20.7 Å². The minimum atomic E-state index is -2.39. The number of benzene rings is 2. The molecule has 2 rings (SSSR count). The van der Waals surface area contributed by atoms with Crippen molar-refractivity contribution in [2.45, 2.75) is 12.0 Å². The molecule has 0 aliphatic carbocycles. The predicted octanol–water partition coefficient (Wildman–Crippen LogP) is 2.30. The van der Waals surface area contributed by atoms with Gasteiger partial charge in [-0.05, 0) is 17.2 Å². The summed E-state index contributed by atoms with van der Waals surface area (Å²) in [6.07, 6.45) is -0.385. The molecular formula is C17H15FO6. The first-order valence-corrected chi connectivity index (χ1v) is 6.90. The van der Waals surface area contributed by atoms with Crippen molar-refractivity contribution in [2.24, 2.45) is 0 Å². The molecule has 0 aliphatic rings. The van der Waals surface area contributed by atoms with Crippen molar-refractivity contribution in [3.63, 3.8) is 0 Å².